The summed E-state index contributed by atoms with van der Waals surface area (Å²) in [6, 6.07) is -0.351. The van der Waals surface area contributed by atoms with E-state index in [-0.39, 0.29) is 12.0 Å². The topological polar surface area (TPSA) is 103 Å². The highest BCUT2D eigenvalue weighted by Gasteiger charge is 2.24. The van der Waals surface area contributed by atoms with E-state index in [4.69, 9.17) is 11.5 Å². The molecule has 0 saturated heterocycles. The summed E-state index contributed by atoms with van der Waals surface area (Å²) < 4.78 is 0. The van der Waals surface area contributed by atoms with Gasteiger partial charge in [-0.1, -0.05) is 5.92 Å². The Balaban J connectivity index is 2.57. The fraction of sp³-hybridized carbons (Fsp3) is 0.250. The summed E-state index contributed by atoms with van der Waals surface area (Å²) in [6.07, 6.45) is 0. The molecule has 1 aliphatic rings. The Morgan fingerprint density at radius 1 is 1.29 bits per heavy atom. The number of hydrogen-bond donors (Lipinski definition) is 2. The van der Waals surface area contributed by atoms with Crippen molar-refractivity contribution < 1.29 is 0 Å². The average molecular weight is 188 g/mol. The molecule has 2 heterocycles. The second kappa shape index (κ2) is 2.96. The Morgan fingerprint density at radius 3 is 2.79 bits per heavy atom. The third-order valence-corrected chi connectivity index (χ3v) is 1.79. The van der Waals surface area contributed by atoms with Crippen LogP contribution in [-0.4, -0.2) is 9.97 Å². The fourth-order valence-electron chi connectivity index (χ4n) is 1.24. The van der Waals surface area contributed by atoms with Gasteiger partial charge in [0.25, 0.3) is 0 Å². The standard InChI is InChI=1S/C8H8N6/c1-2-3-4-5-6(9)11-8(10)12-7(5)14-13-4/h4H,1H3,(H4,9,10,11,12). The number of nitrogens with zero attached hydrogens (tertiary/aromatic N) is 4. The van der Waals surface area contributed by atoms with Crippen LogP contribution in [0.2, 0.25) is 0 Å². The largest absolute Gasteiger partial charge is 0.383 e. The zero-order valence-electron chi connectivity index (χ0n) is 7.52. The van der Waals surface area contributed by atoms with Crippen molar-refractivity contribution in [1.29, 1.82) is 0 Å². The van der Waals surface area contributed by atoms with Gasteiger partial charge in [-0.05, 0) is 6.92 Å². The van der Waals surface area contributed by atoms with E-state index in [1.165, 1.54) is 0 Å². The van der Waals surface area contributed by atoms with Crippen LogP contribution in [0, 0.1) is 11.8 Å². The highest BCUT2D eigenvalue weighted by Crippen LogP contribution is 2.36. The number of nitrogen functional groups attached to an aromatic ring is 2. The maximum atomic E-state index is 5.67. The zero-order valence-corrected chi connectivity index (χ0v) is 7.52. The minimum absolute atomic E-state index is 0.102. The molecule has 0 amide bonds. The van der Waals surface area contributed by atoms with E-state index in [1.807, 2.05) is 0 Å². The minimum Gasteiger partial charge on any atom is -0.383 e. The Hall–Kier alpha value is -2.16. The van der Waals surface area contributed by atoms with Crippen molar-refractivity contribution in [3.63, 3.8) is 0 Å². The maximum Gasteiger partial charge on any atom is 0.224 e. The molecule has 14 heavy (non-hydrogen) atoms. The van der Waals surface area contributed by atoms with Gasteiger partial charge in [0.1, 0.15) is 5.82 Å². The van der Waals surface area contributed by atoms with E-state index in [0.29, 0.717) is 17.2 Å². The normalized spacial score (nSPS) is 17.4. The van der Waals surface area contributed by atoms with Gasteiger partial charge >= 0.3 is 0 Å². The summed E-state index contributed by atoms with van der Waals surface area (Å²) >= 11 is 0. The monoisotopic (exact) mass is 188 g/mol. The van der Waals surface area contributed by atoms with Gasteiger partial charge in [0.15, 0.2) is 11.9 Å². The Bertz CT molecular complexity index is 467. The molecule has 0 fully saturated rings. The molecule has 70 valence electrons. The van der Waals surface area contributed by atoms with Crippen LogP contribution >= 0.6 is 0 Å². The second-order valence-corrected chi connectivity index (χ2v) is 2.72. The lowest BCUT2D eigenvalue weighted by Crippen LogP contribution is -2.04. The molecule has 0 bridgehead atoms. The zero-order chi connectivity index (χ0) is 10.1. The molecule has 0 aromatic carbocycles. The number of azo groups is 1. The van der Waals surface area contributed by atoms with Crippen molar-refractivity contribution in [1.82, 2.24) is 9.97 Å². The molecule has 2 rings (SSSR count). The second-order valence-electron chi connectivity index (χ2n) is 2.72. The summed E-state index contributed by atoms with van der Waals surface area (Å²) in [5.41, 5.74) is 11.7. The number of nitrogens with two attached hydrogens (primary N) is 2. The van der Waals surface area contributed by atoms with Crippen LogP contribution in [0.25, 0.3) is 0 Å². The number of anilines is 2. The van der Waals surface area contributed by atoms with Crippen LogP contribution in [0.4, 0.5) is 17.6 Å². The SMILES string of the molecule is CC#CC1N=Nc2nc(N)nc(N)c21. The van der Waals surface area contributed by atoms with Gasteiger partial charge in [-0.25, -0.2) is 0 Å². The van der Waals surface area contributed by atoms with Crippen molar-refractivity contribution >= 4 is 17.6 Å². The van der Waals surface area contributed by atoms with Gasteiger partial charge in [-0.15, -0.1) is 11.0 Å². The first-order valence-electron chi connectivity index (χ1n) is 3.98. The summed E-state index contributed by atoms with van der Waals surface area (Å²) in [5, 5.41) is 7.74. The number of hydrogen-bond acceptors (Lipinski definition) is 6. The van der Waals surface area contributed by atoms with Crippen LogP contribution in [0.15, 0.2) is 10.2 Å². The predicted octanol–water partition coefficient (Wildman–Crippen LogP) is 0.803. The average Bonchev–Trinajstić information content (AvgIpc) is 2.49. The third-order valence-electron chi connectivity index (χ3n) is 1.79. The first kappa shape index (κ1) is 8.44. The summed E-state index contributed by atoms with van der Waals surface area (Å²) in [4.78, 5) is 7.74. The number of fused-ring (bicyclic) bond motifs is 1. The summed E-state index contributed by atoms with van der Waals surface area (Å²) in [6.45, 7) is 1.72. The highest BCUT2D eigenvalue weighted by molar-refractivity contribution is 5.60. The van der Waals surface area contributed by atoms with E-state index >= 15 is 0 Å². The molecule has 6 heteroatoms. The van der Waals surface area contributed by atoms with E-state index in [9.17, 15) is 0 Å². The van der Waals surface area contributed by atoms with Gasteiger partial charge in [-0.3, -0.25) is 0 Å². The summed E-state index contributed by atoms with van der Waals surface area (Å²) in [7, 11) is 0. The lowest BCUT2D eigenvalue weighted by atomic mass is 10.1. The molecule has 1 aromatic heterocycles. The first-order chi connectivity index (χ1) is 6.72. The van der Waals surface area contributed by atoms with Crippen molar-refractivity contribution in [2.45, 2.75) is 13.0 Å². The van der Waals surface area contributed by atoms with E-state index in [2.05, 4.69) is 32.0 Å². The molecule has 1 aromatic rings. The Morgan fingerprint density at radius 2 is 2.07 bits per heavy atom. The van der Waals surface area contributed by atoms with Crippen LogP contribution < -0.4 is 11.5 Å². The van der Waals surface area contributed by atoms with E-state index in [0.717, 1.165) is 0 Å². The summed E-state index contributed by atoms with van der Waals surface area (Å²) in [5.74, 6) is 6.41. The molecule has 0 spiro atoms. The highest BCUT2D eigenvalue weighted by atomic mass is 15.2. The van der Waals surface area contributed by atoms with Crippen molar-refractivity contribution in [3.05, 3.63) is 5.56 Å². The van der Waals surface area contributed by atoms with Gasteiger partial charge in [-0.2, -0.15) is 15.1 Å². The van der Waals surface area contributed by atoms with Gasteiger partial charge in [0, 0.05) is 0 Å². The van der Waals surface area contributed by atoms with Gasteiger partial charge < -0.3 is 11.5 Å². The quantitative estimate of drug-likeness (QED) is 0.588. The fourth-order valence-corrected chi connectivity index (χ4v) is 1.24. The van der Waals surface area contributed by atoms with E-state index in [1.54, 1.807) is 6.92 Å². The molecule has 4 N–H and O–H groups in total. The van der Waals surface area contributed by atoms with Crippen molar-refractivity contribution in [2.24, 2.45) is 10.2 Å². The molecular formula is C8H8N6. The molecule has 1 unspecified atom stereocenters. The third kappa shape index (κ3) is 1.15. The lowest BCUT2D eigenvalue weighted by molar-refractivity contribution is 0.926. The first-order valence-corrected chi connectivity index (χ1v) is 3.98. The van der Waals surface area contributed by atoms with Crippen molar-refractivity contribution in [2.75, 3.05) is 11.5 Å². The molecule has 0 radical (unpaired) electrons. The van der Waals surface area contributed by atoms with Crippen molar-refractivity contribution in [3.8, 4) is 11.8 Å². The molecule has 1 atom stereocenters. The van der Waals surface area contributed by atoms with E-state index < -0.39 is 0 Å². The molecule has 0 aliphatic carbocycles. The molecule has 0 saturated carbocycles. The maximum absolute atomic E-state index is 5.67. The predicted molar refractivity (Wildman–Crippen MR) is 51.6 cm³/mol. The molecular weight excluding hydrogens is 180 g/mol. The molecule has 6 nitrogen and oxygen atoms in total. The lowest BCUT2D eigenvalue weighted by Gasteiger charge is -2.03. The Kier molecular flexibility index (Phi) is 1.78. The van der Waals surface area contributed by atoms with Crippen LogP contribution in [0.3, 0.4) is 0 Å². The van der Waals surface area contributed by atoms with Gasteiger partial charge in [0.2, 0.25) is 5.95 Å². The molecule has 1 aliphatic heterocycles. The van der Waals surface area contributed by atoms with Gasteiger partial charge in [0.05, 0.1) is 5.56 Å². The van der Waals surface area contributed by atoms with Crippen LogP contribution in [0.1, 0.15) is 18.5 Å². The minimum atomic E-state index is -0.351. The van der Waals surface area contributed by atoms with Crippen LogP contribution in [-0.2, 0) is 0 Å². The number of aromatic nitrogens is 2. The number of rotatable bonds is 0. The smallest absolute Gasteiger partial charge is 0.224 e. The van der Waals surface area contributed by atoms with Crippen LogP contribution in [0.5, 0.6) is 0 Å². The Labute approximate surface area is 80.5 Å².